The minimum Gasteiger partial charge on any atom is -0.442 e. The Morgan fingerprint density at radius 2 is 1.96 bits per heavy atom. The number of H-pyrrole nitrogens is 1. The van der Waals surface area contributed by atoms with Gasteiger partial charge in [0.25, 0.3) is 0 Å². The van der Waals surface area contributed by atoms with Crippen LogP contribution in [0.25, 0.3) is 22.2 Å². The average molecular weight is 350 g/mol. The Kier molecular flexibility index (Phi) is 4.22. The molecule has 6 heteroatoms. The van der Waals surface area contributed by atoms with Gasteiger partial charge in [0.15, 0.2) is 0 Å². The molecule has 0 radical (unpaired) electrons. The number of pyridine rings is 1. The molecular formula is C20H24N5O-. The summed E-state index contributed by atoms with van der Waals surface area (Å²) in [5.41, 5.74) is 4.37. The van der Waals surface area contributed by atoms with E-state index < -0.39 is 0 Å². The molecule has 1 saturated heterocycles. The number of morpholine rings is 1. The van der Waals surface area contributed by atoms with Crippen molar-refractivity contribution in [3.8, 4) is 11.1 Å². The second kappa shape index (κ2) is 6.85. The molecule has 0 spiro atoms. The first-order valence-corrected chi connectivity index (χ1v) is 9.61. The van der Waals surface area contributed by atoms with Crippen molar-refractivity contribution < 1.29 is 4.74 Å². The first-order chi connectivity index (χ1) is 12.9. The molecule has 136 valence electrons. The topological polar surface area (TPSA) is 68.1 Å². The van der Waals surface area contributed by atoms with E-state index in [2.05, 4.69) is 31.1 Å². The van der Waals surface area contributed by atoms with Crippen LogP contribution in [0.3, 0.4) is 0 Å². The van der Waals surface area contributed by atoms with Gasteiger partial charge in [0, 0.05) is 30.9 Å². The lowest BCUT2D eigenvalue weighted by Gasteiger charge is -2.39. The summed E-state index contributed by atoms with van der Waals surface area (Å²) in [7, 11) is 0. The molecule has 6 nitrogen and oxygen atoms in total. The molecule has 2 aliphatic rings. The Balaban J connectivity index is 1.34. The lowest BCUT2D eigenvalue weighted by atomic mass is 9.81. The standard InChI is InChI=1S/C20H24N5O/c1-3-17(25-5-7-26-8-6-25)4-2-14(1)15-9-18-19(16-11-23-24-12-16)13-22-20(18)21-10-15/h9-14,17H,1-8H2,(H-,21,22,23,24)/q-1. The SMILES string of the molecule is c1n[nH]cc1-c1c[n-]c2ncc(C3CCC(N4CCOCC4)CC3)cc12. The molecule has 0 unspecified atom stereocenters. The second-order valence-electron chi connectivity index (χ2n) is 7.45. The van der Waals surface area contributed by atoms with E-state index in [-0.39, 0.29) is 0 Å². The Morgan fingerprint density at radius 3 is 2.73 bits per heavy atom. The van der Waals surface area contributed by atoms with E-state index in [9.17, 15) is 0 Å². The van der Waals surface area contributed by atoms with E-state index in [1.807, 2.05) is 24.8 Å². The summed E-state index contributed by atoms with van der Waals surface area (Å²) in [6.45, 7) is 3.97. The number of nitrogens with one attached hydrogen (secondary N) is 1. The number of nitrogens with zero attached hydrogens (tertiary/aromatic N) is 4. The minimum absolute atomic E-state index is 0.608. The molecule has 3 aromatic rings. The molecule has 0 bridgehead atoms. The van der Waals surface area contributed by atoms with E-state index in [4.69, 9.17) is 4.74 Å². The van der Waals surface area contributed by atoms with Crippen LogP contribution in [-0.4, -0.2) is 52.4 Å². The molecule has 4 heterocycles. The highest BCUT2D eigenvalue weighted by Gasteiger charge is 2.27. The molecule has 26 heavy (non-hydrogen) atoms. The molecule has 0 amide bonds. The fourth-order valence-electron chi connectivity index (χ4n) is 4.54. The van der Waals surface area contributed by atoms with Crippen LogP contribution in [0.4, 0.5) is 0 Å². The maximum atomic E-state index is 5.49. The van der Waals surface area contributed by atoms with Gasteiger partial charge in [-0.2, -0.15) is 5.10 Å². The molecule has 1 N–H and O–H groups in total. The molecule has 5 rings (SSSR count). The zero-order valence-corrected chi connectivity index (χ0v) is 14.9. The quantitative estimate of drug-likeness (QED) is 0.786. The molecule has 2 fully saturated rings. The van der Waals surface area contributed by atoms with Gasteiger partial charge in [0.1, 0.15) is 0 Å². The van der Waals surface area contributed by atoms with Gasteiger partial charge in [-0.1, -0.05) is 24.1 Å². The summed E-state index contributed by atoms with van der Waals surface area (Å²) in [6, 6.07) is 3.03. The summed E-state index contributed by atoms with van der Waals surface area (Å²) < 4.78 is 5.49. The van der Waals surface area contributed by atoms with Crippen LogP contribution in [0.15, 0.2) is 30.9 Å². The first-order valence-electron chi connectivity index (χ1n) is 9.61. The predicted molar refractivity (Wildman–Crippen MR) is 100 cm³/mol. The lowest BCUT2D eigenvalue weighted by Crippen LogP contribution is -2.44. The van der Waals surface area contributed by atoms with Gasteiger partial charge in [-0.3, -0.25) is 10.00 Å². The summed E-state index contributed by atoms with van der Waals surface area (Å²) in [6.07, 6.45) is 12.7. The van der Waals surface area contributed by atoms with E-state index in [1.54, 1.807) is 0 Å². The summed E-state index contributed by atoms with van der Waals surface area (Å²) in [5, 5.41) is 8.09. The van der Waals surface area contributed by atoms with Crippen LogP contribution in [0.1, 0.15) is 37.2 Å². The summed E-state index contributed by atoms with van der Waals surface area (Å²) in [5.74, 6) is 0.608. The Hall–Kier alpha value is -2.18. The summed E-state index contributed by atoms with van der Waals surface area (Å²) in [4.78, 5) is 11.7. The zero-order valence-electron chi connectivity index (χ0n) is 14.9. The number of aromatic nitrogens is 4. The van der Waals surface area contributed by atoms with Crippen molar-refractivity contribution >= 4 is 11.0 Å². The number of rotatable bonds is 3. The number of hydrogen-bond donors (Lipinski definition) is 1. The van der Waals surface area contributed by atoms with Crippen molar-refractivity contribution in [1.82, 2.24) is 25.1 Å². The monoisotopic (exact) mass is 350 g/mol. The molecule has 1 aliphatic heterocycles. The predicted octanol–water partition coefficient (Wildman–Crippen LogP) is 2.94. The van der Waals surface area contributed by atoms with Crippen LogP contribution in [0, 0.1) is 0 Å². The highest BCUT2D eigenvalue weighted by atomic mass is 16.5. The molecule has 1 saturated carbocycles. The van der Waals surface area contributed by atoms with E-state index in [0.717, 1.165) is 54.5 Å². The molecular weight excluding hydrogens is 326 g/mol. The van der Waals surface area contributed by atoms with Gasteiger partial charge in [0.2, 0.25) is 0 Å². The highest BCUT2D eigenvalue weighted by Crippen LogP contribution is 2.37. The number of fused-ring (bicyclic) bond motifs is 1. The zero-order chi connectivity index (χ0) is 17.3. The van der Waals surface area contributed by atoms with Gasteiger partial charge in [-0.25, -0.2) is 0 Å². The van der Waals surface area contributed by atoms with Crippen molar-refractivity contribution in [2.75, 3.05) is 26.3 Å². The second-order valence-corrected chi connectivity index (χ2v) is 7.45. The Bertz CT molecular complexity index is 858. The van der Waals surface area contributed by atoms with E-state index in [1.165, 1.54) is 31.2 Å². The average Bonchev–Trinajstić information content (AvgIpc) is 3.38. The van der Waals surface area contributed by atoms with Crippen LogP contribution >= 0.6 is 0 Å². The number of hydrogen-bond acceptors (Lipinski definition) is 4. The third kappa shape index (κ3) is 2.93. The molecule has 1 aliphatic carbocycles. The normalized spacial score (nSPS) is 24.9. The minimum atomic E-state index is 0.608. The number of ether oxygens (including phenoxy) is 1. The van der Waals surface area contributed by atoms with Gasteiger partial charge < -0.3 is 14.7 Å². The van der Waals surface area contributed by atoms with Gasteiger partial charge in [0.05, 0.1) is 19.4 Å². The maximum absolute atomic E-state index is 5.49. The van der Waals surface area contributed by atoms with Crippen molar-refractivity contribution in [3.05, 3.63) is 36.4 Å². The fraction of sp³-hybridized carbons (Fsp3) is 0.500. The Morgan fingerprint density at radius 1 is 1.12 bits per heavy atom. The maximum Gasteiger partial charge on any atom is 0.0594 e. The third-order valence-corrected chi connectivity index (χ3v) is 6.03. The van der Waals surface area contributed by atoms with Gasteiger partial charge >= 0.3 is 0 Å². The van der Waals surface area contributed by atoms with Crippen LogP contribution in [-0.2, 0) is 4.74 Å². The van der Waals surface area contributed by atoms with Gasteiger partial charge in [-0.15, -0.1) is 0 Å². The van der Waals surface area contributed by atoms with Crippen molar-refractivity contribution in [2.45, 2.75) is 37.6 Å². The van der Waals surface area contributed by atoms with Crippen molar-refractivity contribution in [1.29, 1.82) is 0 Å². The van der Waals surface area contributed by atoms with Crippen molar-refractivity contribution in [2.24, 2.45) is 0 Å². The Labute approximate surface area is 153 Å². The third-order valence-electron chi connectivity index (χ3n) is 6.03. The highest BCUT2D eigenvalue weighted by molar-refractivity contribution is 5.93. The fourth-order valence-corrected chi connectivity index (χ4v) is 4.54. The summed E-state index contributed by atoms with van der Waals surface area (Å²) >= 11 is 0. The molecule has 0 aromatic carbocycles. The molecule has 0 atom stereocenters. The molecule has 3 aromatic heterocycles. The van der Waals surface area contributed by atoms with Crippen LogP contribution in [0.2, 0.25) is 0 Å². The first kappa shape index (κ1) is 16.0. The van der Waals surface area contributed by atoms with E-state index >= 15 is 0 Å². The largest absolute Gasteiger partial charge is 0.442 e. The lowest BCUT2D eigenvalue weighted by molar-refractivity contribution is 0.00729. The van der Waals surface area contributed by atoms with Crippen LogP contribution < -0.4 is 4.98 Å². The van der Waals surface area contributed by atoms with E-state index in [0.29, 0.717) is 5.92 Å². The van der Waals surface area contributed by atoms with Crippen LogP contribution in [0.5, 0.6) is 0 Å². The van der Waals surface area contributed by atoms with Crippen molar-refractivity contribution in [3.63, 3.8) is 0 Å². The number of aromatic amines is 1. The van der Waals surface area contributed by atoms with Gasteiger partial charge in [-0.05, 0) is 48.1 Å². The smallest absolute Gasteiger partial charge is 0.0594 e.